The monoisotopic (exact) mass is 450 g/mol. The summed E-state index contributed by atoms with van der Waals surface area (Å²) in [6, 6.07) is 13.5. The third-order valence-electron chi connectivity index (χ3n) is 4.82. The van der Waals surface area contributed by atoms with Crippen molar-refractivity contribution in [2.45, 2.75) is 25.8 Å². The van der Waals surface area contributed by atoms with Crippen molar-refractivity contribution in [3.8, 4) is 0 Å². The van der Waals surface area contributed by atoms with Crippen molar-refractivity contribution < 1.29 is 14.0 Å². The van der Waals surface area contributed by atoms with Crippen molar-refractivity contribution in [2.75, 3.05) is 23.7 Å². The highest BCUT2D eigenvalue weighted by Crippen LogP contribution is 2.17. The second-order valence-corrected chi connectivity index (χ2v) is 7.44. The molecule has 0 aliphatic heterocycles. The van der Waals surface area contributed by atoms with Crippen LogP contribution in [0.5, 0.6) is 0 Å². The van der Waals surface area contributed by atoms with Crippen LogP contribution in [0.4, 0.5) is 16.0 Å². The fourth-order valence-electron chi connectivity index (χ4n) is 3.15. The van der Waals surface area contributed by atoms with E-state index in [1.807, 2.05) is 12.1 Å². The van der Waals surface area contributed by atoms with Crippen LogP contribution in [-0.2, 0) is 17.8 Å². The average molecular weight is 451 g/mol. The van der Waals surface area contributed by atoms with Gasteiger partial charge >= 0.3 is 0 Å². The summed E-state index contributed by atoms with van der Waals surface area (Å²) in [5.74, 6) is 0.0553. The normalized spacial score (nSPS) is 10.5. The smallest absolute Gasteiger partial charge is 0.255 e. The first kappa shape index (κ1) is 23.6. The van der Waals surface area contributed by atoms with Gasteiger partial charge in [-0.3, -0.25) is 14.6 Å². The van der Waals surface area contributed by atoms with E-state index in [1.54, 1.807) is 36.7 Å². The quantitative estimate of drug-likeness (QED) is 0.315. The molecule has 0 saturated heterocycles. The zero-order valence-electron chi connectivity index (χ0n) is 18.2. The lowest BCUT2D eigenvalue weighted by molar-refractivity contribution is -0.118. The van der Waals surface area contributed by atoms with Crippen molar-refractivity contribution in [2.24, 2.45) is 5.73 Å². The molecule has 0 aliphatic rings. The molecule has 2 heterocycles. The van der Waals surface area contributed by atoms with Gasteiger partial charge in [0, 0.05) is 38.4 Å². The standard InChI is InChI=1S/C24H27FN6O2/c25-19-6-1-4-17(14-19)10-13-29-23-20(24(33)30-16-18-5-2-11-27-15-18)8-9-22(31-23)28-12-3-7-21(26)32/h1-2,4-6,8-9,11,14-15H,3,7,10,12-13,16H2,(H2,26,32)(H,30,33)(H2,28,29,31). The van der Waals surface area contributed by atoms with Gasteiger partial charge in [0.1, 0.15) is 17.5 Å². The van der Waals surface area contributed by atoms with Gasteiger partial charge in [0.2, 0.25) is 5.91 Å². The highest BCUT2D eigenvalue weighted by molar-refractivity contribution is 5.99. The summed E-state index contributed by atoms with van der Waals surface area (Å²) in [5, 5.41) is 9.20. The van der Waals surface area contributed by atoms with Crippen LogP contribution in [0, 0.1) is 5.82 Å². The fraction of sp³-hybridized carbons (Fsp3) is 0.250. The Hall–Kier alpha value is -4.01. The first-order valence-electron chi connectivity index (χ1n) is 10.7. The van der Waals surface area contributed by atoms with Crippen LogP contribution in [0.1, 0.15) is 34.3 Å². The van der Waals surface area contributed by atoms with Crippen molar-refractivity contribution in [3.05, 3.63) is 83.4 Å². The van der Waals surface area contributed by atoms with E-state index < -0.39 is 0 Å². The molecule has 9 heteroatoms. The van der Waals surface area contributed by atoms with Crippen molar-refractivity contribution in [1.29, 1.82) is 0 Å². The number of rotatable bonds is 12. The predicted molar refractivity (Wildman–Crippen MR) is 125 cm³/mol. The Balaban J connectivity index is 1.67. The Morgan fingerprint density at radius 3 is 2.61 bits per heavy atom. The number of hydrogen-bond acceptors (Lipinski definition) is 6. The van der Waals surface area contributed by atoms with E-state index in [-0.39, 0.29) is 24.1 Å². The lowest BCUT2D eigenvalue weighted by atomic mass is 10.1. The number of hydrogen-bond donors (Lipinski definition) is 4. The molecule has 0 radical (unpaired) electrons. The molecular weight excluding hydrogens is 423 g/mol. The number of halogens is 1. The third-order valence-corrected chi connectivity index (χ3v) is 4.82. The van der Waals surface area contributed by atoms with Crippen LogP contribution in [0.3, 0.4) is 0 Å². The topological polar surface area (TPSA) is 122 Å². The Morgan fingerprint density at radius 2 is 1.85 bits per heavy atom. The molecule has 0 spiro atoms. The molecule has 8 nitrogen and oxygen atoms in total. The first-order valence-corrected chi connectivity index (χ1v) is 10.7. The zero-order valence-corrected chi connectivity index (χ0v) is 18.2. The van der Waals surface area contributed by atoms with Gasteiger partial charge in [-0.25, -0.2) is 9.37 Å². The summed E-state index contributed by atoms with van der Waals surface area (Å²) in [5.41, 5.74) is 7.28. The third kappa shape index (κ3) is 7.88. The molecule has 0 aliphatic carbocycles. The number of nitrogens with one attached hydrogen (secondary N) is 3. The molecule has 0 fully saturated rings. The van der Waals surface area contributed by atoms with E-state index in [4.69, 9.17) is 5.73 Å². The number of benzene rings is 1. The zero-order chi connectivity index (χ0) is 23.5. The van der Waals surface area contributed by atoms with Gasteiger partial charge < -0.3 is 21.7 Å². The number of carbonyl (C=O) groups is 2. The molecule has 3 aromatic rings. The number of nitrogens with two attached hydrogens (primary N) is 1. The lowest BCUT2D eigenvalue weighted by Gasteiger charge is -2.14. The molecule has 172 valence electrons. The maximum Gasteiger partial charge on any atom is 0.255 e. The summed E-state index contributed by atoms with van der Waals surface area (Å²) in [6.45, 7) is 1.32. The molecule has 1 aromatic carbocycles. The minimum atomic E-state index is -0.356. The maximum absolute atomic E-state index is 13.4. The summed E-state index contributed by atoms with van der Waals surface area (Å²) >= 11 is 0. The SMILES string of the molecule is NC(=O)CCCNc1ccc(C(=O)NCc2cccnc2)c(NCCc2cccc(F)c2)n1. The predicted octanol–water partition coefficient (Wildman–Crippen LogP) is 2.88. The van der Waals surface area contributed by atoms with Gasteiger partial charge in [-0.05, 0) is 54.3 Å². The first-order chi connectivity index (χ1) is 16.0. The molecule has 33 heavy (non-hydrogen) atoms. The van der Waals surface area contributed by atoms with Crippen LogP contribution in [0.25, 0.3) is 0 Å². The second kappa shape index (κ2) is 12.1. The van der Waals surface area contributed by atoms with Gasteiger partial charge in [-0.15, -0.1) is 0 Å². The lowest BCUT2D eigenvalue weighted by Crippen LogP contribution is -2.25. The van der Waals surface area contributed by atoms with E-state index in [0.717, 1.165) is 11.1 Å². The summed E-state index contributed by atoms with van der Waals surface area (Å²) in [7, 11) is 0. The van der Waals surface area contributed by atoms with E-state index in [9.17, 15) is 14.0 Å². The minimum Gasteiger partial charge on any atom is -0.370 e. The fourth-order valence-corrected chi connectivity index (χ4v) is 3.15. The molecule has 2 aromatic heterocycles. The number of pyridine rings is 2. The summed E-state index contributed by atoms with van der Waals surface area (Å²) < 4.78 is 13.4. The number of primary amides is 1. The highest BCUT2D eigenvalue weighted by Gasteiger charge is 2.14. The molecule has 3 rings (SSSR count). The molecule has 0 unspecified atom stereocenters. The van der Waals surface area contributed by atoms with Crippen LogP contribution >= 0.6 is 0 Å². The molecule has 5 N–H and O–H groups in total. The van der Waals surface area contributed by atoms with E-state index in [2.05, 4.69) is 25.9 Å². The van der Waals surface area contributed by atoms with Crippen molar-refractivity contribution in [3.63, 3.8) is 0 Å². The number of aromatic nitrogens is 2. The van der Waals surface area contributed by atoms with Gasteiger partial charge in [0.25, 0.3) is 5.91 Å². The Labute approximate surface area is 191 Å². The molecule has 0 atom stereocenters. The van der Waals surface area contributed by atoms with E-state index in [1.165, 1.54) is 12.1 Å². The highest BCUT2D eigenvalue weighted by atomic mass is 19.1. The van der Waals surface area contributed by atoms with Gasteiger partial charge in [0.15, 0.2) is 0 Å². The van der Waals surface area contributed by atoms with Gasteiger partial charge in [0.05, 0.1) is 5.56 Å². The molecule has 2 amide bonds. The average Bonchev–Trinajstić information content (AvgIpc) is 2.81. The van der Waals surface area contributed by atoms with Crippen LogP contribution in [0.15, 0.2) is 60.9 Å². The number of anilines is 2. The van der Waals surface area contributed by atoms with E-state index >= 15 is 0 Å². The van der Waals surface area contributed by atoms with Crippen LogP contribution < -0.4 is 21.7 Å². The molecule has 0 bridgehead atoms. The van der Waals surface area contributed by atoms with Crippen LogP contribution in [-0.4, -0.2) is 34.9 Å². The van der Waals surface area contributed by atoms with Crippen molar-refractivity contribution in [1.82, 2.24) is 15.3 Å². The van der Waals surface area contributed by atoms with E-state index in [0.29, 0.717) is 49.7 Å². The largest absolute Gasteiger partial charge is 0.370 e. The van der Waals surface area contributed by atoms with Crippen molar-refractivity contribution >= 4 is 23.5 Å². The van der Waals surface area contributed by atoms with Gasteiger partial charge in [-0.1, -0.05) is 18.2 Å². The Kier molecular flexibility index (Phi) is 8.70. The number of nitrogens with zero attached hydrogens (tertiary/aromatic N) is 2. The molecular formula is C24H27FN6O2. The maximum atomic E-state index is 13.4. The second-order valence-electron chi connectivity index (χ2n) is 7.44. The molecule has 0 saturated carbocycles. The number of amides is 2. The van der Waals surface area contributed by atoms with Gasteiger partial charge in [-0.2, -0.15) is 0 Å². The Morgan fingerprint density at radius 1 is 1.00 bits per heavy atom. The van der Waals surface area contributed by atoms with Crippen LogP contribution in [0.2, 0.25) is 0 Å². The minimum absolute atomic E-state index is 0.278. The number of carbonyl (C=O) groups excluding carboxylic acids is 2. The Bertz CT molecular complexity index is 1080. The summed E-state index contributed by atoms with van der Waals surface area (Å²) in [6.07, 6.45) is 4.78. The summed E-state index contributed by atoms with van der Waals surface area (Å²) in [4.78, 5) is 32.3.